The number of carbonyl (C=O) groups is 1. The van der Waals surface area contributed by atoms with Gasteiger partial charge in [0, 0.05) is 13.1 Å². The Labute approximate surface area is 132 Å². The summed E-state index contributed by atoms with van der Waals surface area (Å²) in [4.78, 5) is 12.2. The molecule has 122 valence electrons. The van der Waals surface area contributed by atoms with E-state index in [-0.39, 0.29) is 12.0 Å². The Morgan fingerprint density at radius 1 is 1.27 bits per heavy atom. The molecule has 2 atom stereocenters. The van der Waals surface area contributed by atoms with Gasteiger partial charge in [-0.15, -0.1) is 0 Å². The fraction of sp³-hybridized carbons (Fsp3) is 0.562. The molecular formula is C16H24N2O3S. The molecule has 22 heavy (non-hydrogen) atoms. The second-order valence-electron chi connectivity index (χ2n) is 5.77. The highest BCUT2D eigenvalue weighted by atomic mass is 32.2. The maximum absolute atomic E-state index is 12.2. The van der Waals surface area contributed by atoms with Crippen LogP contribution in [0.5, 0.6) is 0 Å². The zero-order valence-electron chi connectivity index (χ0n) is 13.4. The van der Waals surface area contributed by atoms with Crippen molar-refractivity contribution in [1.82, 2.24) is 9.62 Å². The van der Waals surface area contributed by atoms with E-state index in [9.17, 15) is 13.2 Å². The fourth-order valence-electron chi connectivity index (χ4n) is 3.10. The molecule has 2 unspecified atom stereocenters. The Kier molecular flexibility index (Phi) is 5.24. The van der Waals surface area contributed by atoms with E-state index >= 15 is 0 Å². The van der Waals surface area contributed by atoms with E-state index < -0.39 is 21.7 Å². The quantitative estimate of drug-likeness (QED) is 0.866. The molecule has 1 aliphatic rings. The number of fused-ring (bicyclic) bond motifs is 1. The molecule has 0 saturated carbocycles. The molecule has 2 rings (SSSR count). The Morgan fingerprint density at radius 2 is 1.91 bits per heavy atom. The van der Waals surface area contributed by atoms with Gasteiger partial charge in [0.05, 0.1) is 6.04 Å². The van der Waals surface area contributed by atoms with Gasteiger partial charge in [0.2, 0.25) is 15.9 Å². The number of benzene rings is 1. The third kappa shape index (κ3) is 3.50. The number of amides is 1. The first-order valence-corrected chi connectivity index (χ1v) is 9.35. The lowest BCUT2D eigenvalue weighted by Gasteiger charge is -2.21. The molecule has 0 fully saturated rings. The fourth-order valence-corrected chi connectivity index (χ4v) is 4.49. The number of hydrogen-bond acceptors (Lipinski definition) is 3. The number of rotatable bonds is 6. The Morgan fingerprint density at radius 3 is 2.55 bits per heavy atom. The lowest BCUT2D eigenvalue weighted by atomic mass is 10.0. The predicted molar refractivity (Wildman–Crippen MR) is 86.9 cm³/mol. The summed E-state index contributed by atoms with van der Waals surface area (Å²) in [7, 11) is -3.54. The minimum Gasteiger partial charge on any atom is -0.348 e. The van der Waals surface area contributed by atoms with Gasteiger partial charge in [-0.1, -0.05) is 45.0 Å². The van der Waals surface area contributed by atoms with Crippen molar-refractivity contribution in [3.8, 4) is 0 Å². The highest BCUT2D eigenvalue weighted by molar-refractivity contribution is 7.89. The van der Waals surface area contributed by atoms with Crippen molar-refractivity contribution < 1.29 is 13.2 Å². The van der Waals surface area contributed by atoms with E-state index in [4.69, 9.17) is 0 Å². The van der Waals surface area contributed by atoms with Crippen LogP contribution in [0, 0.1) is 5.92 Å². The number of hydrogen-bond donors (Lipinski definition) is 1. The van der Waals surface area contributed by atoms with Gasteiger partial charge < -0.3 is 5.32 Å². The monoisotopic (exact) mass is 324 g/mol. The third-order valence-electron chi connectivity index (χ3n) is 4.23. The summed E-state index contributed by atoms with van der Waals surface area (Å²) in [5.74, 6) is -0.641. The van der Waals surface area contributed by atoms with Crippen LogP contribution in [0.25, 0.3) is 0 Å². The van der Waals surface area contributed by atoms with Gasteiger partial charge in [-0.05, 0) is 23.5 Å². The number of sulfonamides is 1. The van der Waals surface area contributed by atoms with Gasteiger partial charge in [-0.2, -0.15) is 0 Å². The molecule has 0 saturated heterocycles. The van der Waals surface area contributed by atoms with Gasteiger partial charge >= 0.3 is 0 Å². The molecule has 6 heteroatoms. The minimum absolute atomic E-state index is 0.101. The standard InChI is InChI=1S/C16H24N2O3S/c1-4-18(5-2)22(20,21)11-15(19)17-16-12(3)10-13-8-6-7-9-14(13)16/h6-9,12,16H,4-5,10-11H2,1-3H3,(H,17,19). The average molecular weight is 324 g/mol. The molecule has 0 bridgehead atoms. The van der Waals surface area contributed by atoms with E-state index in [2.05, 4.69) is 18.3 Å². The Bertz CT molecular complexity index is 639. The van der Waals surface area contributed by atoms with Crippen molar-refractivity contribution >= 4 is 15.9 Å². The van der Waals surface area contributed by atoms with Gasteiger partial charge in [0.15, 0.2) is 0 Å². The highest BCUT2D eigenvalue weighted by Gasteiger charge is 2.31. The smallest absolute Gasteiger partial charge is 0.237 e. The van der Waals surface area contributed by atoms with Gasteiger partial charge in [-0.3, -0.25) is 4.79 Å². The normalized spacial score (nSPS) is 20.9. The highest BCUT2D eigenvalue weighted by Crippen LogP contribution is 2.35. The maximum atomic E-state index is 12.2. The van der Waals surface area contributed by atoms with Crippen LogP contribution >= 0.6 is 0 Å². The van der Waals surface area contributed by atoms with Crippen molar-refractivity contribution in [1.29, 1.82) is 0 Å². The SMILES string of the molecule is CCN(CC)S(=O)(=O)CC(=O)NC1c2ccccc2CC1C. The summed E-state index contributed by atoms with van der Waals surface area (Å²) in [6, 6.07) is 7.90. The molecule has 1 amide bonds. The van der Waals surface area contributed by atoms with Crippen LogP contribution < -0.4 is 5.32 Å². The molecule has 1 aliphatic carbocycles. The molecule has 5 nitrogen and oxygen atoms in total. The molecule has 0 heterocycles. The lowest BCUT2D eigenvalue weighted by Crippen LogP contribution is -2.41. The molecule has 0 radical (unpaired) electrons. The summed E-state index contributed by atoms with van der Waals surface area (Å²) < 4.78 is 25.7. The van der Waals surface area contributed by atoms with Crippen LogP contribution in [0.2, 0.25) is 0 Å². The zero-order chi connectivity index (χ0) is 16.3. The van der Waals surface area contributed by atoms with Gasteiger partial charge in [0.25, 0.3) is 0 Å². The number of nitrogens with one attached hydrogen (secondary N) is 1. The van der Waals surface area contributed by atoms with Crippen molar-refractivity contribution in [2.75, 3.05) is 18.8 Å². The van der Waals surface area contributed by atoms with Crippen molar-refractivity contribution in [3.05, 3.63) is 35.4 Å². The Balaban J connectivity index is 2.07. The van der Waals surface area contributed by atoms with E-state index in [1.165, 1.54) is 9.87 Å². The van der Waals surface area contributed by atoms with E-state index in [1.54, 1.807) is 13.8 Å². The summed E-state index contributed by atoms with van der Waals surface area (Å²) in [6.45, 7) is 6.38. The molecule has 0 spiro atoms. The van der Waals surface area contributed by atoms with E-state index in [0.29, 0.717) is 13.1 Å². The second-order valence-corrected chi connectivity index (χ2v) is 7.73. The van der Waals surface area contributed by atoms with Gasteiger partial charge in [-0.25, -0.2) is 12.7 Å². The van der Waals surface area contributed by atoms with Crippen molar-refractivity contribution in [3.63, 3.8) is 0 Å². The first-order chi connectivity index (χ1) is 10.4. The summed E-state index contributed by atoms with van der Waals surface area (Å²) in [5, 5.41) is 2.90. The first-order valence-electron chi connectivity index (χ1n) is 7.74. The van der Waals surface area contributed by atoms with Crippen LogP contribution in [0.1, 0.15) is 37.9 Å². The topological polar surface area (TPSA) is 66.5 Å². The minimum atomic E-state index is -3.54. The van der Waals surface area contributed by atoms with Gasteiger partial charge in [0.1, 0.15) is 5.75 Å². The lowest BCUT2D eigenvalue weighted by molar-refractivity contribution is -0.119. The Hall–Kier alpha value is -1.40. The first kappa shape index (κ1) is 17.0. The van der Waals surface area contributed by atoms with E-state index in [1.807, 2.05) is 18.2 Å². The molecule has 1 aromatic rings. The molecule has 0 aromatic heterocycles. The van der Waals surface area contributed by atoms with Crippen molar-refractivity contribution in [2.45, 2.75) is 33.2 Å². The molecule has 1 aromatic carbocycles. The predicted octanol–water partition coefficient (Wildman–Crippen LogP) is 1.71. The van der Waals surface area contributed by atoms with Crippen LogP contribution in [0.15, 0.2) is 24.3 Å². The van der Waals surface area contributed by atoms with Crippen molar-refractivity contribution in [2.24, 2.45) is 5.92 Å². The third-order valence-corrected chi connectivity index (χ3v) is 6.16. The summed E-state index contributed by atoms with van der Waals surface area (Å²) in [6.07, 6.45) is 0.907. The average Bonchev–Trinajstić information content (AvgIpc) is 2.75. The summed E-state index contributed by atoms with van der Waals surface area (Å²) in [5.41, 5.74) is 2.33. The van der Waals surface area contributed by atoms with E-state index in [0.717, 1.165) is 12.0 Å². The molecular weight excluding hydrogens is 300 g/mol. The number of carbonyl (C=O) groups excluding carboxylic acids is 1. The zero-order valence-corrected chi connectivity index (χ0v) is 14.2. The van der Waals surface area contributed by atoms with Crippen LogP contribution in [-0.2, 0) is 21.2 Å². The largest absolute Gasteiger partial charge is 0.348 e. The van der Waals surface area contributed by atoms with Crippen LogP contribution in [0.3, 0.4) is 0 Å². The molecule has 1 N–H and O–H groups in total. The van der Waals surface area contributed by atoms with Crippen LogP contribution in [0.4, 0.5) is 0 Å². The molecule has 0 aliphatic heterocycles. The second kappa shape index (κ2) is 6.79. The van der Waals surface area contributed by atoms with Crippen LogP contribution in [-0.4, -0.2) is 37.5 Å². The maximum Gasteiger partial charge on any atom is 0.237 e. The summed E-state index contributed by atoms with van der Waals surface area (Å²) >= 11 is 0. The number of nitrogens with zero attached hydrogens (tertiary/aromatic N) is 1.